The SMILES string of the molecule is CCNC(c1c(C)cc(C)cc1F)C1CC1. The second kappa shape index (κ2) is 4.54. The molecule has 16 heavy (non-hydrogen) atoms. The average molecular weight is 221 g/mol. The Bertz CT molecular complexity index is 359. The molecule has 1 unspecified atom stereocenters. The van der Waals surface area contributed by atoms with E-state index in [-0.39, 0.29) is 11.9 Å². The van der Waals surface area contributed by atoms with E-state index in [1.54, 1.807) is 6.07 Å². The van der Waals surface area contributed by atoms with Crippen LogP contribution in [0.15, 0.2) is 12.1 Å². The van der Waals surface area contributed by atoms with Gasteiger partial charge >= 0.3 is 0 Å². The number of rotatable bonds is 4. The highest BCUT2D eigenvalue weighted by Crippen LogP contribution is 2.42. The van der Waals surface area contributed by atoms with E-state index < -0.39 is 0 Å². The fraction of sp³-hybridized carbons (Fsp3) is 0.571. The van der Waals surface area contributed by atoms with Crippen molar-refractivity contribution in [3.05, 3.63) is 34.6 Å². The number of benzene rings is 1. The topological polar surface area (TPSA) is 12.0 Å². The van der Waals surface area contributed by atoms with Gasteiger partial charge in [0, 0.05) is 11.6 Å². The quantitative estimate of drug-likeness (QED) is 0.820. The van der Waals surface area contributed by atoms with Crippen LogP contribution in [0.4, 0.5) is 4.39 Å². The first-order valence-electron chi connectivity index (χ1n) is 6.13. The van der Waals surface area contributed by atoms with Crippen LogP contribution >= 0.6 is 0 Å². The van der Waals surface area contributed by atoms with Crippen molar-refractivity contribution in [2.24, 2.45) is 5.92 Å². The first-order chi connectivity index (χ1) is 7.63. The maximum atomic E-state index is 14.0. The number of hydrogen-bond donors (Lipinski definition) is 1. The molecule has 0 spiro atoms. The molecule has 0 aliphatic heterocycles. The molecule has 0 amide bonds. The van der Waals surface area contributed by atoms with Crippen LogP contribution in [-0.2, 0) is 0 Å². The predicted octanol–water partition coefficient (Wildman–Crippen LogP) is 3.50. The Hall–Kier alpha value is -0.890. The third-order valence-electron chi connectivity index (χ3n) is 3.31. The molecular weight excluding hydrogens is 201 g/mol. The van der Waals surface area contributed by atoms with Crippen molar-refractivity contribution in [1.29, 1.82) is 0 Å². The Kier molecular flexibility index (Phi) is 3.29. The molecule has 1 saturated carbocycles. The molecule has 1 nitrogen and oxygen atoms in total. The van der Waals surface area contributed by atoms with E-state index in [1.165, 1.54) is 12.8 Å². The number of aryl methyl sites for hydroxylation is 2. The van der Waals surface area contributed by atoms with Gasteiger partial charge in [-0.15, -0.1) is 0 Å². The van der Waals surface area contributed by atoms with Crippen LogP contribution in [0.5, 0.6) is 0 Å². The lowest BCUT2D eigenvalue weighted by Crippen LogP contribution is -2.24. The summed E-state index contributed by atoms with van der Waals surface area (Å²) in [7, 11) is 0. The highest BCUT2D eigenvalue weighted by Gasteiger charge is 2.34. The minimum Gasteiger partial charge on any atom is -0.310 e. The average Bonchev–Trinajstić information content (AvgIpc) is 2.97. The third-order valence-corrected chi connectivity index (χ3v) is 3.31. The van der Waals surface area contributed by atoms with Crippen molar-refractivity contribution >= 4 is 0 Å². The van der Waals surface area contributed by atoms with Crippen molar-refractivity contribution in [2.45, 2.75) is 39.7 Å². The second-order valence-electron chi connectivity index (χ2n) is 4.85. The van der Waals surface area contributed by atoms with Gasteiger partial charge in [0.1, 0.15) is 5.82 Å². The summed E-state index contributed by atoms with van der Waals surface area (Å²) in [6.45, 7) is 6.93. The molecule has 1 fully saturated rings. The van der Waals surface area contributed by atoms with Gasteiger partial charge < -0.3 is 5.32 Å². The van der Waals surface area contributed by atoms with Gasteiger partial charge in [-0.05, 0) is 56.3 Å². The monoisotopic (exact) mass is 221 g/mol. The van der Waals surface area contributed by atoms with E-state index in [4.69, 9.17) is 0 Å². The van der Waals surface area contributed by atoms with Crippen molar-refractivity contribution in [1.82, 2.24) is 5.32 Å². The van der Waals surface area contributed by atoms with Crippen LogP contribution in [-0.4, -0.2) is 6.54 Å². The van der Waals surface area contributed by atoms with Crippen LogP contribution < -0.4 is 5.32 Å². The Morgan fingerprint density at radius 2 is 2.06 bits per heavy atom. The number of hydrogen-bond acceptors (Lipinski definition) is 1. The lowest BCUT2D eigenvalue weighted by molar-refractivity contribution is 0.466. The summed E-state index contributed by atoms with van der Waals surface area (Å²) in [5.41, 5.74) is 2.97. The van der Waals surface area contributed by atoms with Crippen LogP contribution in [0.2, 0.25) is 0 Å². The van der Waals surface area contributed by atoms with Gasteiger partial charge in [-0.25, -0.2) is 4.39 Å². The zero-order valence-electron chi connectivity index (χ0n) is 10.3. The molecule has 1 aliphatic carbocycles. The lowest BCUT2D eigenvalue weighted by atomic mass is 9.95. The van der Waals surface area contributed by atoms with Crippen molar-refractivity contribution in [3.63, 3.8) is 0 Å². The summed E-state index contributed by atoms with van der Waals surface area (Å²) in [6, 6.07) is 3.94. The Labute approximate surface area is 97.1 Å². The molecule has 1 N–H and O–H groups in total. The maximum absolute atomic E-state index is 14.0. The van der Waals surface area contributed by atoms with Crippen LogP contribution in [0.3, 0.4) is 0 Å². The van der Waals surface area contributed by atoms with Gasteiger partial charge in [0.25, 0.3) is 0 Å². The van der Waals surface area contributed by atoms with Crippen molar-refractivity contribution in [2.75, 3.05) is 6.54 Å². The smallest absolute Gasteiger partial charge is 0.128 e. The molecule has 1 aromatic carbocycles. The Morgan fingerprint density at radius 1 is 1.38 bits per heavy atom. The van der Waals surface area contributed by atoms with E-state index in [0.717, 1.165) is 23.2 Å². The Morgan fingerprint density at radius 3 is 2.56 bits per heavy atom. The standard InChI is InChI=1S/C14H20FN/c1-4-16-14(11-5-6-11)13-10(3)7-9(2)8-12(13)15/h7-8,11,14,16H,4-6H2,1-3H3. The van der Waals surface area contributed by atoms with Gasteiger partial charge in [-0.3, -0.25) is 0 Å². The van der Waals surface area contributed by atoms with Crippen molar-refractivity contribution in [3.8, 4) is 0 Å². The second-order valence-corrected chi connectivity index (χ2v) is 4.85. The molecule has 88 valence electrons. The molecular formula is C14H20FN. The molecule has 1 aromatic rings. The summed E-state index contributed by atoms with van der Waals surface area (Å²) < 4.78 is 14.0. The van der Waals surface area contributed by atoms with Gasteiger partial charge in [0.15, 0.2) is 0 Å². The highest BCUT2D eigenvalue weighted by molar-refractivity contribution is 5.35. The molecule has 0 bridgehead atoms. The van der Waals surface area contributed by atoms with E-state index in [2.05, 4.69) is 18.3 Å². The molecule has 2 heteroatoms. The van der Waals surface area contributed by atoms with Gasteiger partial charge in [0.2, 0.25) is 0 Å². The number of halogens is 1. The summed E-state index contributed by atoms with van der Waals surface area (Å²) in [4.78, 5) is 0. The summed E-state index contributed by atoms with van der Waals surface area (Å²) in [6.07, 6.45) is 2.45. The lowest BCUT2D eigenvalue weighted by Gasteiger charge is -2.21. The zero-order chi connectivity index (χ0) is 11.7. The summed E-state index contributed by atoms with van der Waals surface area (Å²) >= 11 is 0. The van der Waals surface area contributed by atoms with Crippen molar-refractivity contribution < 1.29 is 4.39 Å². The summed E-state index contributed by atoms with van der Waals surface area (Å²) in [5.74, 6) is 0.589. The van der Waals surface area contributed by atoms with E-state index >= 15 is 0 Å². The van der Waals surface area contributed by atoms with Gasteiger partial charge in [-0.1, -0.05) is 13.0 Å². The minimum absolute atomic E-state index is 0.0460. The zero-order valence-corrected chi connectivity index (χ0v) is 10.3. The minimum atomic E-state index is -0.0460. The molecule has 1 atom stereocenters. The van der Waals surface area contributed by atoms with E-state index in [9.17, 15) is 4.39 Å². The highest BCUT2D eigenvalue weighted by atomic mass is 19.1. The molecule has 0 aromatic heterocycles. The molecule has 1 aliphatic rings. The van der Waals surface area contributed by atoms with Gasteiger partial charge in [0.05, 0.1) is 0 Å². The van der Waals surface area contributed by atoms with Crippen LogP contribution in [0, 0.1) is 25.6 Å². The van der Waals surface area contributed by atoms with E-state index in [0.29, 0.717) is 5.92 Å². The fourth-order valence-corrected chi connectivity index (χ4v) is 2.47. The van der Waals surface area contributed by atoms with E-state index in [1.807, 2.05) is 13.8 Å². The largest absolute Gasteiger partial charge is 0.310 e. The summed E-state index contributed by atoms with van der Waals surface area (Å²) in [5, 5.41) is 3.42. The third kappa shape index (κ3) is 2.27. The molecule has 0 radical (unpaired) electrons. The first-order valence-corrected chi connectivity index (χ1v) is 6.13. The molecule has 0 heterocycles. The molecule has 0 saturated heterocycles. The van der Waals surface area contributed by atoms with Crippen LogP contribution in [0.1, 0.15) is 42.5 Å². The predicted molar refractivity (Wildman–Crippen MR) is 65.0 cm³/mol. The molecule has 2 rings (SSSR count). The fourth-order valence-electron chi connectivity index (χ4n) is 2.47. The maximum Gasteiger partial charge on any atom is 0.128 e. The Balaban J connectivity index is 2.36. The number of nitrogens with one attached hydrogen (secondary N) is 1. The van der Waals surface area contributed by atoms with Crippen LogP contribution in [0.25, 0.3) is 0 Å². The normalized spacial score (nSPS) is 17.5. The van der Waals surface area contributed by atoms with Gasteiger partial charge in [-0.2, -0.15) is 0 Å². The first kappa shape index (κ1) is 11.6.